The Labute approximate surface area is 124 Å². The molecule has 4 heteroatoms. The number of para-hydroxylation sites is 1. The summed E-state index contributed by atoms with van der Waals surface area (Å²) in [6.45, 7) is 6.58. The molecular weight excluding hydrogens is 260 g/mol. The number of anilines is 1. The summed E-state index contributed by atoms with van der Waals surface area (Å²) in [6.07, 6.45) is 3.64. The Morgan fingerprint density at radius 1 is 1.10 bits per heavy atom. The Balaban J connectivity index is 2.37. The van der Waals surface area contributed by atoms with Crippen LogP contribution in [-0.4, -0.2) is 21.6 Å². The van der Waals surface area contributed by atoms with Crippen LogP contribution >= 0.6 is 0 Å². The molecule has 0 bridgehead atoms. The van der Waals surface area contributed by atoms with Crippen LogP contribution in [-0.2, 0) is 5.54 Å². The van der Waals surface area contributed by atoms with E-state index in [2.05, 4.69) is 47.8 Å². The van der Waals surface area contributed by atoms with Crippen molar-refractivity contribution < 1.29 is 0 Å². The summed E-state index contributed by atoms with van der Waals surface area (Å²) in [6, 6.07) is 10.3. The summed E-state index contributed by atoms with van der Waals surface area (Å²) in [4.78, 5) is 9.01. The van der Waals surface area contributed by atoms with E-state index in [1.807, 2.05) is 37.6 Å². The van der Waals surface area contributed by atoms with Gasteiger partial charge in [0.1, 0.15) is 11.3 Å². The fraction of sp³-hybridized carbons (Fsp3) is 0.294. The van der Waals surface area contributed by atoms with E-state index in [9.17, 15) is 0 Å². The van der Waals surface area contributed by atoms with Crippen LogP contribution < -0.4 is 5.32 Å². The van der Waals surface area contributed by atoms with Crippen LogP contribution in [0.4, 0.5) is 5.69 Å². The number of nitrogens with one attached hydrogen (secondary N) is 1. The standard InChI is InChI=1S/C17H20N4/c1-17(2,3)21-15-9-10-19-11-14(15)20-16(21)12-7-5-6-8-13(12)18-4/h5-11,18H,1-4H3. The molecule has 2 aromatic heterocycles. The molecule has 21 heavy (non-hydrogen) atoms. The lowest BCUT2D eigenvalue weighted by molar-refractivity contribution is 0.413. The number of nitrogens with zero attached hydrogens (tertiary/aromatic N) is 3. The minimum Gasteiger partial charge on any atom is -0.388 e. The first-order valence-corrected chi connectivity index (χ1v) is 7.12. The van der Waals surface area contributed by atoms with E-state index >= 15 is 0 Å². The molecule has 1 aromatic carbocycles. The van der Waals surface area contributed by atoms with Gasteiger partial charge < -0.3 is 9.88 Å². The van der Waals surface area contributed by atoms with E-state index in [4.69, 9.17) is 4.98 Å². The van der Waals surface area contributed by atoms with Gasteiger partial charge in [0.05, 0.1) is 11.7 Å². The Bertz CT molecular complexity index is 781. The Hall–Kier alpha value is -2.36. The topological polar surface area (TPSA) is 42.7 Å². The molecule has 4 nitrogen and oxygen atoms in total. The van der Waals surface area contributed by atoms with Gasteiger partial charge in [0.2, 0.25) is 0 Å². The summed E-state index contributed by atoms with van der Waals surface area (Å²) >= 11 is 0. The van der Waals surface area contributed by atoms with Crippen molar-refractivity contribution in [1.29, 1.82) is 0 Å². The van der Waals surface area contributed by atoms with Gasteiger partial charge in [-0.2, -0.15) is 0 Å². The summed E-state index contributed by atoms with van der Waals surface area (Å²) in [5, 5.41) is 3.25. The predicted octanol–water partition coefficient (Wildman–Crippen LogP) is 3.90. The summed E-state index contributed by atoms with van der Waals surface area (Å²) in [7, 11) is 1.93. The zero-order valence-electron chi connectivity index (χ0n) is 12.9. The second-order valence-electron chi connectivity index (χ2n) is 6.10. The lowest BCUT2D eigenvalue weighted by atomic mass is 10.1. The number of hydrogen-bond acceptors (Lipinski definition) is 3. The maximum atomic E-state index is 4.82. The van der Waals surface area contributed by atoms with Crippen molar-refractivity contribution in [2.24, 2.45) is 0 Å². The molecule has 3 rings (SSSR count). The first-order chi connectivity index (χ1) is 10.0. The van der Waals surface area contributed by atoms with Crippen LogP contribution in [0, 0.1) is 0 Å². The third-order valence-electron chi connectivity index (χ3n) is 3.56. The second kappa shape index (κ2) is 4.88. The van der Waals surface area contributed by atoms with Crippen LogP contribution in [0.2, 0.25) is 0 Å². The largest absolute Gasteiger partial charge is 0.388 e. The van der Waals surface area contributed by atoms with Gasteiger partial charge in [-0.15, -0.1) is 0 Å². The molecular formula is C17H20N4. The molecule has 0 atom stereocenters. The maximum Gasteiger partial charge on any atom is 0.143 e. The Morgan fingerprint density at radius 3 is 2.57 bits per heavy atom. The third kappa shape index (κ3) is 2.27. The molecule has 0 saturated heterocycles. The van der Waals surface area contributed by atoms with E-state index in [-0.39, 0.29) is 5.54 Å². The highest BCUT2D eigenvalue weighted by atomic mass is 15.1. The van der Waals surface area contributed by atoms with Gasteiger partial charge in [-0.3, -0.25) is 4.98 Å². The molecule has 1 N–H and O–H groups in total. The second-order valence-corrected chi connectivity index (χ2v) is 6.10. The summed E-state index contributed by atoms with van der Waals surface area (Å²) < 4.78 is 2.28. The monoisotopic (exact) mass is 280 g/mol. The van der Waals surface area contributed by atoms with Gasteiger partial charge >= 0.3 is 0 Å². The molecule has 0 radical (unpaired) electrons. The number of aromatic nitrogens is 3. The first-order valence-electron chi connectivity index (χ1n) is 7.12. The molecule has 0 unspecified atom stereocenters. The number of pyridine rings is 1. The molecule has 0 amide bonds. The lowest BCUT2D eigenvalue weighted by Crippen LogP contribution is -2.22. The van der Waals surface area contributed by atoms with E-state index in [0.717, 1.165) is 28.1 Å². The highest BCUT2D eigenvalue weighted by molar-refractivity contribution is 5.84. The van der Waals surface area contributed by atoms with Gasteiger partial charge in [-0.1, -0.05) is 12.1 Å². The van der Waals surface area contributed by atoms with Crippen LogP contribution in [0.15, 0.2) is 42.7 Å². The van der Waals surface area contributed by atoms with Gasteiger partial charge in [-0.25, -0.2) is 4.98 Å². The van der Waals surface area contributed by atoms with Gasteiger partial charge in [0, 0.05) is 30.0 Å². The molecule has 0 aliphatic carbocycles. The number of rotatable bonds is 2. The zero-order valence-corrected chi connectivity index (χ0v) is 12.9. The fourth-order valence-corrected chi connectivity index (χ4v) is 2.69. The van der Waals surface area contributed by atoms with Gasteiger partial charge in [0.25, 0.3) is 0 Å². The highest BCUT2D eigenvalue weighted by Crippen LogP contribution is 2.34. The smallest absolute Gasteiger partial charge is 0.143 e. The van der Waals surface area contributed by atoms with E-state index in [1.54, 1.807) is 0 Å². The predicted molar refractivity (Wildman–Crippen MR) is 87.5 cm³/mol. The van der Waals surface area contributed by atoms with Crippen LogP contribution in [0.25, 0.3) is 22.4 Å². The molecule has 2 heterocycles. The SMILES string of the molecule is CNc1ccccc1-c1nc2cnccc2n1C(C)(C)C. The lowest BCUT2D eigenvalue weighted by Gasteiger charge is -2.25. The van der Waals surface area contributed by atoms with Gasteiger partial charge in [-0.05, 0) is 39.0 Å². The van der Waals surface area contributed by atoms with E-state index < -0.39 is 0 Å². The van der Waals surface area contributed by atoms with Crippen molar-refractivity contribution in [2.75, 3.05) is 12.4 Å². The number of benzene rings is 1. The fourth-order valence-electron chi connectivity index (χ4n) is 2.69. The number of imidazole rings is 1. The van der Waals surface area contributed by atoms with E-state index in [1.165, 1.54) is 0 Å². The molecule has 3 aromatic rings. The molecule has 108 valence electrons. The zero-order chi connectivity index (χ0) is 15.0. The first kappa shape index (κ1) is 13.6. The molecule has 0 spiro atoms. The highest BCUT2D eigenvalue weighted by Gasteiger charge is 2.23. The maximum absolute atomic E-state index is 4.82. The molecule has 0 fully saturated rings. The van der Waals surface area contributed by atoms with Crippen molar-refractivity contribution in [3.63, 3.8) is 0 Å². The quantitative estimate of drug-likeness (QED) is 0.774. The van der Waals surface area contributed by atoms with E-state index in [0.29, 0.717) is 0 Å². The van der Waals surface area contributed by atoms with Crippen LogP contribution in [0.5, 0.6) is 0 Å². The van der Waals surface area contributed by atoms with Gasteiger partial charge in [0.15, 0.2) is 0 Å². The minimum atomic E-state index is -0.0632. The average molecular weight is 280 g/mol. The average Bonchev–Trinajstić information content (AvgIpc) is 2.86. The van der Waals surface area contributed by atoms with Crippen LogP contribution in [0.3, 0.4) is 0 Å². The third-order valence-corrected chi connectivity index (χ3v) is 3.56. The van der Waals surface area contributed by atoms with Crippen molar-refractivity contribution >= 4 is 16.7 Å². The van der Waals surface area contributed by atoms with Crippen molar-refractivity contribution in [3.8, 4) is 11.4 Å². The molecule has 0 saturated carbocycles. The van der Waals surface area contributed by atoms with Crippen molar-refractivity contribution in [3.05, 3.63) is 42.7 Å². The van der Waals surface area contributed by atoms with Crippen molar-refractivity contribution in [2.45, 2.75) is 26.3 Å². The van der Waals surface area contributed by atoms with Crippen LogP contribution in [0.1, 0.15) is 20.8 Å². The number of fused-ring (bicyclic) bond motifs is 1. The molecule has 0 aliphatic heterocycles. The Kier molecular flexibility index (Phi) is 3.16. The van der Waals surface area contributed by atoms with Crippen molar-refractivity contribution in [1.82, 2.24) is 14.5 Å². The summed E-state index contributed by atoms with van der Waals surface area (Å²) in [5.74, 6) is 0.968. The summed E-state index contributed by atoms with van der Waals surface area (Å²) in [5.41, 5.74) is 4.15. The normalized spacial score (nSPS) is 11.8. The molecule has 0 aliphatic rings. The Morgan fingerprint density at radius 2 is 1.86 bits per heavy atom. The number of hydrogen-bond donors (Lipinski definition) is 1. The minimum absolute atomic E-state index is 0.0632.